The van der Waals surface area contributed by atoms with E-state index in [1.54, 1.807) is 18.2 Å². The number of halogens is 1. The summed E-state index contributed by atoms with van der Waals surface area (Å²) in [7, 11) is 0. The molecule has 0 aliphatic rings. The van der Waals surface area contributed by atoms with Gasteiger partial charge in [0.05, 0.1) is 10.3 Å². The Morgan fingerprint density at radius 3 is 2.88 bits per heavy atom. The molecule has 0 radical (unpaired) electrons. The van der Waals surface area contributed by atoms with Crippen molar-refractivity contribution in [3.8, 4) is 0 Å². The van der Waals surface area contributed by atoms with Gasteiger partial charge in [0.2, 0.25) is 5.91 Å². The number of amides is 1. The minimum absolute atomic E-state index is 0.00757. The second kappa shape index (κ2) is 6.01. The van der Waals surface area contributed by atoms with Crippen LogP contribution in [0.25, 0.3) is 0 Å². The van der Waals surface area contributed by atoms with E-state index < -0.39 is 0 Å². The average Bonchev–Trinajstić information content (AvgIpc) is 2.23. The Morgan fingerprint density at radius 1 is 1.62 bits per heavy atom. The predicted molar refractivity (Wildman–Crippen MR) is 69.9 cm³/mol. The Labute approximate surface area is 105 Å². The highest BCUT2D eigenvalue weighted by Gasteiger charge is 2.16. The second-order valence-corrected chi connectivity index (χ2v) is 5.07. The molecule has 0 saturated heterocycles. The van der Waals surface area contributed by atoms with Gasteiger partial charge in [0.1, 0.15) is 0 Å². The molecule has 1 aromatic carbocycles. The van der Waals surface area contributed by atoms with Crippen molar-refractivity contribution in [3.63, 3.8) is 0 Å². The Hall–Kier alpha value is -0.870. The van der Waals surface area contributed by atoms with Gasteiger partial charge in [0.15, 0.2) is 0 Å². The normalized spacial score (nSPS) is 12.2. The van der Waals surface area contributed by atoms with Gasteiger partial charge >= 0.3 is 0 Å². The highest BCUT2D eigenvalue weighted by Crippen LogP contribution is 2.34. The van der Waals surface area contributed by atoms with Crippen LogP contribution < -0.4 is 11.1 Å². The first-order valence-corrected chi connectivity index (χ1v) is 6.30. The van der Waals surface area contributed by atoms with Crippen molar-refractivity contribution in [2.45, 2.75) is 24.0 Å². The maximum atomic E-state index is 11.6. The summed E-state index contributed by atoms with van der Waals surface area (Å²) >= 11 is 7.40. The van der Waals surface area contributed by atoms with Gasteiger partial charge in [-0.1, -0.05) is 17.7 Å². The van der Waals surface area contributed by atoms with Crippen LogP contribution in [0.15, 0.2) is 23.1 Å². The number of carbonyl (C=O) groups excluding carboxylic acids is 1. The molecule has 1 aromatic rings. The van der Waals surface area contributed by atoms with Crippen molar-refractivity contribution in [3.05, 3.63) is 23.2 Å². The van der Waals surface area contributed by atoms with Crippen molar-refractivity contribution in [1.82, 2.24) is 5.32 Å². The Morgan fingerprint density at radius 2 is 2.31 bits per heavy atom. The van der Waals surface area contributed by atoms with Crippen molar-refractivity contribution < 1.29 is 4.79 Å². The molecule has 0 heterocycles. The van der Waals surface area contributed by atoms with Gasteiger partial charge in [-0.3, -0.25) is 4.79 Å². The summed E-state index contributed by atoms with van der Waals surface area (Å²) in [5.74, 6) is -0.00757. The first-order chi connectivity index (χ1) is 7.56. The van der Waals surface area contributed by atoms with Crippen molar-refractivity contribution in [1.29, 1.82) is 0 Å². The third kappa shape index (κ3) is 3.32. The number of anilines is 1. The predicted octanol–water partition coefficient (Wildman–Crippen LogP) is 2.54. The summed E-state index contributed by atoms with van der Waals surface area (Å²) in [6, 6.07) is 5.34. The molecular weight excluding hydrogens is 244 g/mol. The fourth-order valence-corrected chi connectivity index (χ4v) is 2.44. The summed E-state index contributed by atoms with van der Waals surface area (Å²) in [4.78, 5) is 12.3. The molecule has 0 spiro atoms. The topological polar surface area (TPSA) is 55.1 Å². The monoisotopic (exact) mass is 258 g/mol. The lowest BCUT2D eigenvalue weighted by molar-refractivity contribution is -0.120. The van der Waals surface area contributed by atoms with Gasteiger partial charge < -0.3 is 11.1 Å². The highest BCUT2D eigenvalue weighted by atomic mass is 35.5. The van der Waals surface area contributed by atoms with E-state index in [9.17, 15) is 4.79 Å². The van der Waals surface area contributed by atoms with E-state index in [0.717, 1.165) is 4.90 Å². The molecule has 5 heteroatoms. The van der Waals surface area contributed by atoms with Crippen LogP contribution in [-0.4, -0.2) is 17.7 Å². The molecule has 1 unspecified atom stereocenters. The van der Waals surface area contributed by atoms with E-state index in [0.29, 0.717) is 17.3 Å². The third-order valence-electron chi connectivity index (χ3n) is 2.01. The Kier molecular flexibility index (Phi) is 4.96. The fourth-order valence-electron chi connectivity index (χ4n) is 1.20. The van der Waals surface area contributed by atoms with E-state index in [1.165, 1.54) is 11.8 Å². The summed E-state index contributed by atoms with van der Waals surface area (Å²) in [6.45, 7) is 4.35. The molecule has 0 aromatic heterocycles. The molecule has 0 saturated carbocycles. The molecule has 1 atom stereocenters. The highest BCUT2D eigenvalue weighted by molar-refractivity contribution is 8.00. The quantitative estimate of drug-likeness (QED) is 0.645. The third-order valence-corrected chi connectivity index (χ3v) is 3.70. The maximum absolute atomic E-state index is 11.6. The average molecular weight is 259 g/mol. The molecule has 1 amide bonds. The summed E-state index contributed by atoms with van der Waals surface area (Å²) in [5.41, 5.74) is 6.41. The summed E-state index contributed by atoms with van der Waals surface area (Å²) in [5, 5.41) is 3.14. The standard InChI is InChI=1S/C11H15ClN2OS/c1-3-14-11(15)7(2)16-10-8(12)5-4-6-9(10)13/h4-7H,3,13H2,1-2H3,(H,14,15). The molecule has 0 aliphatic carbocycles. The van der Waals surface area contributed by atoms with Gasteiger partial charge in [-0.15, -0.1) is 11.8 Å². The molecule has 0 fully saturated rings. The van der Waals surface area contributed by atoms with Crippen molar-refractivity contribution in [2.75, 3.05) is 12.3 Å². The summed E-state index contributed by atoms with van der Waals surface area (Å²) in [6.07, 6.45) is 0. The minimum Gasteiger partial charge on any atom is -0.398 e. The van der Waals surface area contributed by atoms with E-state index >= 15 is 0 Å². The summed E-state index contributed by atoms with van der Waals surface area (Å²) < 4.78 is 0. The number of nitrogens with two attached hydrogens (primary N) is 1. The van der Waals surface area contributed by atoms with E-state index in [2.05, 4.69) is 5.32 Å². The molecule has 3 nitrogen and oxygen atoms in total. The zero-order chi connectivity index (χ0) is 12.1. The number of carbonyl (C=O) groups is 1. The van der Waals surface area contributed by atoms with Crippen LogP contribution in [0.4, 0.5) is 5.69 Å². The molecule has 3 N–H and O–H groups in total. The zero-order valence-corrected chi connectivity index (χ0v) is 10.9. The number of nitrogens with one attached hydrogen (secondary N) is 1. The van der Waals surface area contributed by atoms with E-state index in [-0.39, 0.29) is 11.2 Å². The maximum Gasteiger partial charge on any atom is 0.233 e. The number of hydrogen-bond donors (Lipinski definition) is 2. The van der Waals surface area contributed by atoms with Gasteiger partial charge in [0, 0.05) is 17.1 Å². The van der Waals surface area contributed by atoms with Gasteiger partial charge in [0.25, 0.3) is 0 Å². The lowest BCUT2D eigenvalue weighted by Gasteiger charge is -2.13. The number of hydrogen-bond acceptors (Lipinski definition) is 3. The number of thioether (sulfide) groups is 1. The van der Waals surface area contributed by atoms with E-state index in [1.807, 2.05) is 13.8 Å². The molecule has 0 aliphatic heterocycles. The van der Waals surface area contributed by atoms with Gasteiger partial charge in [-0.25, -0.2) is 0 Å². The van der Waals surface area contributed by atoms with Crippen LogP contribution in [0, 0.1) is 0 Å². The smallest absolute Gasteiger partial charge is 0.233 e. The lowest BCUT2D eigenvalue weighted by Crippen LogP contribution is -2.30. The first-order valence-electron chi connectivity index (χ1n) is 5.04. The number of rotatable bonds is 4. The molecule has 16 heavy (non-hydrogen) atoms. The first kappa shape index (κ1) is 13.2. The van der Waals surface area contributed by atoms with Gasteiger partial charge in [-0.2, -0.15) is 0 Å². The fraction of sp³-hybridized carbons (Fsp3) is 0.364. The van der Waals surface area contributed by atoms with Crippen LogP contribution >= 0.6 is 23.4 Å². The van der Waals surface area contributed by atoms with Crippen molar-refractivity contribution >= 4 is 35.0 Å². The number of benzene rings is 1. The van der Waals surface area contributed by atoms with Crippen LogP contribution in [0.2, 0.25) is 5.02 Å². The SMILES string of the molecule is CCNC(=O)C(C)Sc1c(N)cccc1Cl. The van der Waals surface area contributed by atoms with Crippen LogP contribution in [-0.2, 0) is 4.79 Å². The lowest BCUT2D eigenvalue weighted by atomic mass is 10.3. The molecular formula is C11H15ClN2OS. The van der Waals surface area contributed by atoms with Crippen LogP contribution in [0.3, 0.4) is 0 Å². The second-order valence-electron chi connectivity index (χ2n) is 3.31. The molecule has 1 rings (SSSR count). The number of nitrogen functional groups attached to an aromatic ring is 1. The Balaban J connectivity index is 2.76. The minimum atomic E-state index is -0.206. The molecule has 0 bridgehead atoms. The molecule has 88 valence electrons. The van der Waals surface area contributed by atoms with Crippen LogP contribution in [0.5, 0.6) is 0 Å². The largest absolute Gasteiger partial charge is 0.398 e. The van der Waals surface area contributed by atoms with Gasteiger partial charge in [-0.05, 0) is 26.0 Å². The Bertz CT molecular complexity index is 364. The van der Waals surface area contributed by atoms with Crippen molar-refractivity contribution in [2.24, 2.45) is 0 Å². The van der Waals surface area contributed by atoms with Crippen LogP contribution in [0.1, 0.15) is 13.8 Å². The zero-order valence-electron chi connectivity index (χ0n) is 9.29. The van der Waals surface area contributed by atoms with E-state index in [4.69, 9.17) is 17.3 Å².